The normalized spacial score (nSPS) is 16.0. The highest BCUT2D eigenvalue weighted by Crippen LogP contribution is 2.20. The largest absolute Gasteiger partial charge is 0.459 e. The van der Waals surface area contributed by atoms with E-state index in [9.17, 15) is 19.2 Å². The molecule has 0 radical (unpaired) electrons. The van der Waals surface area contributed by atoms with E-state index in [1.165, 1.54) is 4.90 Å². The van der Waals surface area contributed by atoms with E-state index >= 15 is 0 Å². The molecule has 2 N–H and O–H groups in total. The maximum atomic E-state index is 13.2. The molecule has 3 rings (SSSR count). The topological polar surface area (TPSA) is 114 Å². The maximum Gasteiger partial charge on any atom is 0.410 e. The lowest BCUT2D eigenvalue weighted by Crippen LogP contribution is -2.54. The van der Waals surface area contributed by atoms with E-state index in [1.807, 2.05) is 60.7 Å². The van der Waals surface area contributed by atoms with Gasteiger partial charge in [0.15, 0.2) is 0 Å². The van der Waals surface area contributed by atoms with Crippen LogP contribution in [0.1, 0.15) is 44.7 Å². The molecule has 9 nitrogen and oxygen atoms in total. The molecule has 0 unspecified atom stereocenters. The summed E-state index contributed by atoms with van der Waals surface area (Å²) >= 11 is 0. The van der Waals surface area contributed by atoms with Gasteiger partial charge in [0.25, 0.3) is 0 Å². The third-order valence-corrected chi connectivity index (χ3v) is 5.74. The summed E-state index contributed by atoms with van der Waals surface area (Å²) in [6, 6.07) is 16.8. The van der Waals surface area contributed by atoms with Gasteiger partial charge in [-0.3, -0.25) is 19.3 Å². The van der Waals surface area contributed by atoms with Crippen molar-refractivity contribution in [3.8, 4) is 0 Å². The van der Waals surface area contributed by atoms with E-state index in [-0.39, 0.29) is 19.6 Å². The number of amides is 3. The average molecular weight is 510 g/mol. The van der Waals surface area contributed by atoms with Gasteiger partial charge in [-0.25, -0.2) is 4.79 Å². The highest BCUT2D eigenvalue weighted by atomic mass is 16.6. The van der Waals surface area contributed by atoms with Crippen molar-refractivity contribution in [2.75, 3.05) is 13.1 Å². The van der Waals surface area contributed by atoms with Crippen LogP contribution in [0.25, 0.3) is 0 Å². The van der Waals surface area contributed by atoms with E-state index in [0.29, 0.717) is 19.4 Å². The molecule has 3 amide bonds. The molecule has 0 aliphatic carbocycles. The molecule has 9 heteroatoms. The molecular weight excluding hydrogens is 474 g/mol. The van der Waals surface area contributed by atoms with Crippen LogP contribution in [0.5, 0.6) is 0 Å². The number of nitrogens with one attached hydrogen (secondary N) is 2. The molecule has 2 aromatic rings. The molecule has 0 saturated carbocycles. The second-order valence-electron chi connectivity index (χ2n) is 9.95. The molecule has 2 aromatic carbocycles. The van der Waals surface area contributed by atoms with Gasteiger partial charge < -0.3 is 20.1 Å². The quantitative estimate of drug-likeness (QED) is 0.503. The van der Waals surface area contributed by atoms with E-state index in [4.69, 9.17) is 9.47 Å². The predicted molar refractivity (Wildman–Crippen MR) is 137 cm³/mol. The number of nitrogens with zero attached hydrogens (tertiary/aromatic N) is 1. The van der Waals surface area contributed by atoms with E-state index in [1.54, 1.807) is 20.8 Å². The first kappa shape index (κ1) is 27.7. The number of carbonyl (C=O) groups excluding carboxylic acids is 4. The number of carbonyl (C=O) groups is 4. The number of benzene rings is 2. The molecule has 1 aliphatic heterocycles. The molecule has 1 saturated heterocycles. The first-order valence-corrected chi connectivity index (χ1v) is 12.4. The zero-order chi connectivity index (χ0) is 26.8. The van der Waals surface area contributed by atoms with Crippen molar-refractivity contribution in [2.45, 2.75) is 64.3 Å². The average Bonchev–Trinajstić information content (AvgIpc) is 3.36. The molecule has 1 fully saturated rings. The van der Waals surface area contributed by atoms with Crippen molar-refractivity contribution < 1.29 is 28.7 Å². The van der Waals surface area contributed by atoms with Gasteiger partial charge in [-0.2, -0.15) is 0 Å². The van der Waals surface area contributed by atoms with Crippen molar-refractivity contribution in [1.82, 2.24) is 15.5 Å². The Kier molecular flexibility index (Phi) is 9.65. The number of esters is 1. The molecule has 37 heavy (non-hydrogen) atoms. The first-order valence-electron chi connectivity index (χ1n) is 12.4. The highest BCUT2D eigenvalue weighted by molar-refractivity contribution is 5.92. The fraction of sp³-hybridized carbons (Fsp3) is 0.429. The van der Waals surface area contributed by atoms with Crippen LogP contribution in [0.3, 0.4) is 0 Å². The summed E-state index contributed by atoms with van der Waals surface area (Å²) in [6.07, 6.45) is 0.754. The van der Waals surface area contributed by atoms with Crippen LogP contribution < -0.4 is 10.6 Å². The molecule has 0 bridgehead atoms. The second-order valence-corrected chi connectivity index (χ2v) is 9.95. The summed E-state index contributed by atoms with van der Waals surface area (Å²) in [5.41, 5.74) is 1.01. The molecule has 1 heterocycles. The van der Waals surface area contributed by atoms with Crippen LogP contribution in [-0.2, 0) is 36.9 Å². The Hall–Kier alpha value is -3.88. The predicted octanol–water partition coefficient (Wildman–Crippen LogP) is 2.97. The molecule has 1 aliphatic rings. The Morgan fingerprint density at radius 1 is 0.973 bits per heavy atom. The van der Waals surface area contributed by atoms with Crippen molar-refractivity contribution >= 4 is 23.9 Å². The van der Waals surface area contributed by atoms with Gasteiger partial charge in [-0.1, -0.05) is 60.7 Å². The Morgan fingerprint density at radius 2 is 1.59 bits per heavy atom. The van der Waals surface area contributed by atoms with Crippen molar-refractivity contribution in [2.24, 2.45) is 0 Å². The van der Waals surface area contributed by atoms with Gasteiger partial charge in [-0.05, 0) is 44.7 Å². The molecule has 0 aromatic heterocycles. The first-order chi connectivity index (χ1) is 17.6. The van der Waals surface area contributed by atoms with Crippen LogP contribution in [0.2, 0.25) is 0 Å². The van der Waals surface area contributed by atoms with Gasteiger partial charge in [0, 0.05) is 13.0 Å². The van der Waals surface area contributed by atoms with Crippen molar-refractivity contribution in [3.63, 3.8) is 0 Å². The third-order valence-electron chi connectivity index (χ3n) is 5.74. The fourth-order valence-electron chi connectivity index (χ4n) is 4.05. The lowest BCUT2D eigenvalue weighted by atomic mass is 10.0. The lowest BCUT2D eigenvalue weighted by Gasteiger charge is -2.26. The number of ether oxygens (including phenoxy) is 2. The van der Waals surface area contributed by atoms with Gasteiger partial charge in [0.2, 0.25) is 11.8 Å². The minimum Gasteiger partial charge on any atom is -0.459 e. The van der Waals surface area contributed by atoms with Crippen LogP contribution in [0.4, 0.5) is 4.79 Å². The minimum atomic E-state index is -0.944. The zero-order valence-corrected chi connectivity index (χ0v) is 21.6. The highest BCUT2D eigenvalue weighted by Gasteiger charge is 2.37. The van der Waals surface area contributed by atoms with Crippen LogP contribution in [-0.4, -0.2) is 59.6 Å². The number of hydrogen-bond acceptors (Lipinski definition) is 6. The monoisotopic (exact) mass is 509 g/mol. The Balaban J connectivity index is 1.63. The molecular formula is C28H35N3O6. The SMILES string of the molecule is CC(C)(C)OC(=O)CNC(=O)[C@@H](Cc1ccccc1)NC(=O)[C@@H]1CCCN1C(=O)OCc1ccccc1. The Bertz CT molecular complexity index is 1070. The summed E-state index contributed by atoms with van der Waals surface area (Å²) in [5.74, 6) is -1.53. The summed E-state index contributed by atoms with van der Waals surface area (Å²) in [6.45, 7) is 5.39. The third kappa shape index (κ3) is 8.93. The summed E-state index contributed by atoms with van der Waals surface area (Å²) < 4.78 is 10.7. The smallest absolute Gasteiger partial charge is 0.410 e. The van der Waals surface area contributed by atoms with Gasteiger partial charge in [-0.15, -0.1) is 0 Å². The lowest BCUT2D eigenvalue weighted by molar-refractivity contribution is -0.154. The van der Waals surface area contributed by atoms with Gasteiger partial charge >= 0.3 is 12.1 Å². The Labute approximate surface area is 217 Å². The molecule has 0 spiro atoms. The van der Waals surface area contributed by atoms with E-state index < -0.39 is 41.6 Å². The van der Waals surface area contributed by atoms with Crippen LogP contribution in [0.15, 0.2) is 60.7 Å². The van der Waals surface area contributed by atoms with Crippen LogP contribution >= 0.6 is 0 Å². The maximum absolute atomic E-state index is 13.2. The Morgan fingerprint density at radius 3 is 2.22 bits per heavy atom. The molecule has 2 atom stereocenters. The zero-order valence-electron chi connectivity index (χ0n) is 21.6. The summed E-state index contributed by atoms with van der Waals surface area (Å²) in [4.78, 5) is 52.4. The number of rotatable bonds is 9. The summed E-state index contributed by atoms with van der Waals surface area (Å²) in [5, 5.41) is 5.35. The fourth-order valence-corrected chi connectivity index (χ4v) is 4.05. The summed E-state index contributed by atoms with van der Waals surface area (Å²) in [7, 11) is 0. The standard InChI is InChI=1S/C28H35N3O6/c1-28(2,3)37-24(32)18-29-25(33)22(17-20-11-6-4-7-12-20)30-26(34)23-15-10-16-31(23)27(35)36-19-21-13-8-5-9-14-21/h4-9,11-14,22-23H,10,15-19H2,1-3H3,(H,29,33)(H,30,34)/t22-,23+/m1/s1. The minimum absolute atomic E-state index is 0.105. The second kappa shape index (κ2) is 12.9. The van der Waals surface area contributed by atoms with E-state index in [2.05, 4.69) is 10.6 Å². The van der Waals surface area contributed by atoms with Crippen LogP contribution in [0, 0.1) is 0 Å². The van der Waals surface area contributed by atoms with Gasteiger partial charge in [0.1, 0.15) is 30.8 Å². The number of likely N-dealkylation sites (tertiary alicyclic amines) is 1. The van der Waals surface area contributed by atoms with E-state index in [0.717, 1.165) is 11.1 Å². The number of hydrogen-bond donors (Lipinski definition) is 2. The van der Waals surface area contributed by atoms with Crippen molar-refractivity contribution in [1.29, 1.82) is 0 Å². The van der Waals surface area contributed by atoms with Crippen molar-refractivity contribution in [3.05, 3.63) is 71.8 Å². The van der Waals surface area contributed by atoms with Gasteiger partial charge in [0.05, 0.1) is 0 Å². The molecule has 198 valence electrons.